The predicted octanol–water partition coefficient (Wildman–Crippen LogP) is 0.502. The first-order valence-electron chi connectivity index (χ1n) is 6.05. The highest BCUT2D eigenvalue weighted by molar-refractivity contribution is 7.89. The number of nitrogens with one attached hydrogen (secondary N) is 1. The molecule has 0 radical (unpaired) electrons. The van der Waals surface area contributed by atoms with Crippen LogP contribution in [0.25, 0.3) is 0 Å². The Morgan fingerprint density at radius 2 is 2.10 bits per heavy atom. The van der Waals surface area contributed by atoms with Crippen molar-refractivity contribution in [3.63, 3.8) is 0 Å². The van der Waals surface area contributed by atoms with E-state index >= 15 is 0 Å². The van der Waals surface area contributed by atoms with Gasteiger partial charge in [0, 0.05) is 12.7 Å². The average molecular weight is 326 g/mol. The standard InChI is InChI=1S/C11H16F2N2O5S/c1-2-3-15-5-8(4-9(15)10(17)18)21(19,20)14-6-11(12,13)7-16/h4-5,14,16H,2-3,6-7H2,1H3,(H,17,18). The molecule has 0 bridgehead atoms. The molecular formula is C11H16F2N2O5S. The van der Waals surface area contributed by atoms with Crippen LogP contribution in [0.4, 0.5) is 8.78 Å². The summed E-state index contributed by atoms with van der Waals surface area (Å²) in [7, 11) is -4.28. The van der Waals surface area contributed by atoms with Crippen molar-refractivity contribution in [3.8, 4) is 0 Å². The smallest absolute Gasteiger partial charge is 0.352 e. The Labute approximate surface area is 120 Å². The number of rotatable bonds is 8. The highest BCUT2D eigenvalue weighted by Gasteiger charge is 2.31. The lowest BCUT2D eigenvalue weighted by Gasteiger charge is -2.13. The molecule has 0 amide bonds. The number of sulfonamides is 1. The number of aryl methyl sites for hydroxylation is 1. The number of hydrogen-bond donors (Lipinski definition) is 3. The van der Waals surface area contributed by atoms with Crippen molar-refractivity contribution in [2.45, 2.75) is 30.7 Å². The van der Waals surface area contributed by atoms with Gasteiger partial charge in [-0.25, -0.2) is 26.7 Å². The molecule has 0 aliphatic heterocycles. The van der Waals surface area contributed by atoms with Crippen LogP contribution in [0.5, 0.6) is 0 Å². The normalized spacial score (nSPS) is 12.6. The number of nitrogens with zero attached hydrogens (tertiary/aromatic N) is 1. The summed E-state index contributed by atoms with van der Waals surface area (Å²) >= 11 is 0. The molecule has 7 nitrogen and oxygen atoms in total. The van der Waals surface area contributed by atoms with Gasteiger partial charge in [-0.15, -0.1) is 0 Å². The van der Waals surface area contributed by atoms with Crippen molar-refractivity contribution in [1.82, 2.24) is 9.29 Å². The lowest BCUT2D eigenvalue weighted by molar-refractivity contribution is -0.0437. The molecule has 0 aromatic carbocycles. The van der Waals surface area contributed by atoms with Crippen LogP contribution in [-0.2, 0) is 16.6 Å². The third kappa shape index (κ3) is 4.48. The lowest BCUT2D eigenvalue weighted by Crippen LogP contribution is -2.38. The Morgan fingerprint density at radius 3 is 2.57 bits per heavy atom. The second-order valence-electron chi connectivity index (χ2n) is 4.40. The van der Waals surface area contributed by atoms with E-state index in [1.54, 1.807) is 11.6 Å². The van der Waals surface area contributed by atoms with Crippen molar-refractivity contribution in [1.29, 1.82) is 0 Å². The number of carboxylic acid groups (broad SMARTS) is 1. The minimum Gasteiger partial charge on any atom is -0.477 e. The van der Waals surface area contributed by atoms with Crippen LogP contribution in [0.1, 0.15) is 23.8 Å². The molecule has 0 atom stereocenters. The fourth-order valence-electron chi connectivity index (χ4n) is 1.58. The van der Waals surface area contributed by atoms with E-state index in [9.17, 15) is 22.0 Å². The molecule has 0 aliphatic rings. The minimum absolute atomic E-state index is 0.244. The first kappa shape index (κ1) is 17.5. The number of alkyl halides is 2. The molecule has 0 fully saturated rings. The zero-order valence-corrected chi connectivity index (χ0v) is 12.0. The Morgan fingerprint density at radius 1 is 1.48 bits per heavy atom. The van der Waals surface area contributed by atoms with Crippen LogP contribution >= 0.6 is 0 Å². The van der Waals surface area contributed by atoms with E-state index in [1.165, 1.54) is 4.57 Å². The Bertz CT molecular complexity index is 612. The van der Waals surface area contributed by atoms with Gasteiger partial charge in [0.25, 0.3) is 5.92 Å². The maximum Gasteiger partial charge on any atom is 0.352 e. The highest BCUT2D eigenvalue weighted by Crippen LogP contribution is 2.17. The summed E-state index contributed by atoms with van der Waals surface area (Å²) in [6, 6.07) is 0.900. The minimum atomic E-state index is -4.28. The van der Waals surface area contributed by atoms with Gasteiger partial charge in [0.15, 0.2) is 0 Å². The molecular weight excluding hydrogens is 310 g/mol. The lowest BCUT2D eigenvalue weighted by atomic mass is 10.4. The van der Waals surface area contributed by atoms with Crippen LogP contribution in [0, 0.1) is 0 Å². The van der Waals surface area contributed by atoms with E-state index in [0.29, 0.717) is 6.42 Å². The van der Waals surface area contributed by atoms with Gasteiger partial charge in [-0.3, -0.25) is 0 Å². The summed E-state index contributed by atoms with van der Waals surface area (Å²) < 4.78 is 52.3. The first-order valence-corrected chi connectivity index (χ1v) is 7.53. The number of halogens is 2. The van der Waals surface area contributed by atoms with Gasteiger partial charge in [-0.05, 0) is 12.5 Å². The zero-order valence-electron chi connectivity index (χ0n) is 11.2. The number of aromatic carboxylic acids is 1. The summed E-state index contributed by atoms with van der Waals surface area (Å²) in [6.45, 7) is -0.705. The molecule has 3 N–H and O–H groups in total. The van der Waals surface area contributed by atoms with Gasteiger partial charge in [-0.2, -0.15) is 0 Å². The quantitative estimate of drug-likeness (QED) is 0.645. The SMILES string of the molecule is CCCn1cc(S(=O)(=O)NCC(F)(F)CO)cc1C(=O)O. The predicted molar refractivity (Wildman–Crippen MR) is 68.9 cm³/mol. The molecule has 0 spiro atoms. The molecule has 1 rings (SSSR count). The van der Waals surface area contributed by atoms with Crippen molar-refractivity contribution in [2.75, 3.05) is 13.2 Å². The van der Waals surface area contributed by atoms with Crippen LogP contribution in [0.3, 0.4) is 0 Å². The first-order chi connectivity index (χ1) is 9.63. The number of aromatic nitrogens is 1. The van der Waals surface area contributed by atoms with Crippen LogP contribution in [0.15, 0.2) is 17.2 Å². The fraction of sp³-hybridized carbons (Fsp3) is 0.545. The Balaban J connectivity index is 3.03. The van der Waals surface area contributed by atoms with Gasteiger partial charge in [-0.1, -0.05) is 6.92 Å². The summed E-state index contributed by atoms with van der Waals surface area (Å²) in [5.74, 6) is -4.90. The molecule has 10 heteroatoms. The summed E-state index contributed by atoms with van der Waals surface area (Å²) in [5, 5.41) is 17.4. The van der Waals surface area contributed by atoms with E-state index < -0.39 is 40.0 Å². The molecule has 21 heavy (non-hydrogen) atoms. The molecule has 1 heterocycles. The summed E-state index contributed by atoms with van der Waals surface area (Å²) in [6.07, 6.45) is 1.65. The number of carbonyl (C=O) groups is 1. The maximum atomic E-state index is 12.9. The molecule has 0 aliphatic carbocycles. The third-order valence-electron chi connectivity index (χ3n) is 2.62. The molecule has 0 unspecified atom stereocenters. The average Bonchev–Trinajstić information content (AvgIpc) is 2.82. The third-order valence-corrected chi connectivity index (χ3v) is 3.99. The van der Waals surface area contributed by atoms with Gasteiger partial charge in [0.2, 0.25) is 10.0 Å². The molecule has 1 aromatic rings. The second kappa shape index (κ2) is 6.50. The topological polar surface area (TPSA) is 109 Å². The highest BCUT2D eigenvalue weighted by atomic mass is 32.2. The van der Waals surface area contributed by atoms with Crippen molar-refractivity contribution >= 4 is 16.0 Å². The molecule has 120 valence electrons. The Kier molecular flexibility index (Phi) is 5.42. The van der Waals surface area contributed by atoms with Crippen LogP contribution in [-0.4, -0.2) is 48.2 Å². The van der Waals surface area contributed by atoms with Crippen LogP contribution in [0.2, 0.25) is 0 Å². The zero-order chi connectivity index (χ0) is 16.3. The molecule has 0 saturated carbocycles. The van der Waals surface area contributed by atoms with E-state index in [1.807, 2.05) is 0 Å². The van der Waals surface area contributed by atoms with Crippen molar-refractivity contribution < 1.29 is 32.2 Å². The van der Waals surface area contributed by atoms with E-state index in [0.717, 1.165) is 12.3 Å². The number of aliphatic hydroxyl groups is 1. The van der Waals surface area contributed by atoms with Gasteiger partial charge < -0.3 is 14.8 Å². The maximum absolute atomic E-state index is 12.9. The second-order valence-corrected chi connectivity index (χ2v) is 6.17. The molecule has 1 aromatic heterocycles. The number of aliphatic hydroxyl groups excluding tert-OH is 1. The number of carboxylic acids is 1. The van der Waals surface area contributed by atoms with E-state index in [4.69, 9.17) is 10.2 Å². The Hall–Kier alpha value is -1.52. The van der Waals surface area contributed by atoms with E-state index in [-0.39, 0.29) is 12.2 Å². The van der Waals surface area contributed by atoms with Crippen molar-refractivity contribution in [3.05, 3.63) is 18.0 Å². The van der Waals surface area contributed by atoms with Crippen LogP contribution < -0.4 is 4.72 Å². The van der Waals surface area contributed by atoms with Gasteiger partial charge in [0.1, 0.15) is 17.2 Å². The van der Waals surface area contributed by atoms with Gasteiger partial charge >= 0.3 is 5.97 Å². The largest absolute Gasteiger partial charge is 0.477 e. The summed E-state index contributed by atoms with van der Waals surface area (Å²) in [4.78, 5) is 10.6. The monoisotopic (exact) mass is 326 g/mol. The van der Waals surface area contributed by atoms with Crippen molar-refractivity contribution in [2.24, 2.45) is 0 Å². The van der Waals surface area contributed by atoms with E-state index in [2.05, 4.69) is 0 Å². The van der Waals surface area contributed by atoms with Gasteiger partial charge in [0.05, 0.1) is 6.54 Å². The fourth-order valence-corrected chi connectivity index (χ4v) is 2.68. The molecule has 0 saturated heterocycles. The summed E-state index contributed by atoms with van der Waals surface area (Å²) in [5.41, 5.74) is -0.244. The number of hydrogen-bond acceptors (Lipinski definition) is 4.